The fourth-order valence-corrected chi connectivity index (χ4v) is 2.11. The first-order valence-corrected chi connectivity index (χ1v) is 6.86. The van der Waals surface area contributed by atoms with Crippen LogP contribution in [0, 0.1) is 0 Å². The molecule has 0 aliphatic heterocycles. The SMILES string of the molecule is CCC(C)c1ccccc1Oc1cccc(OC)c1N. The fourth-order valence-electron chi connectivity index (χ4n) is 2.11. The van der Waals surface area contributed by atoms with E-state index in [9.17, 15) is 0 Å². The number of anilines is 1. The number of nitrogen functional groups attached to an aromatic ring is 1. The predicted molar refractivity (Wildman–Crippen MR) is 82.6 cm³/mol. The van der Waals surface area contributed by atoms with Crippen LogP contribution in [0.1, 0.15) is 31.7 Å². The van der Waals surface area contributed by atoms with E-state index in [0.29, 0.717) is 23.1 Å². The zero-order valence-electron chi connectivity index (χ0n) is 12.2. The van der Waals surface area contributed by atoms with Crippen molar-refractivity contribution in [1.29, 1.82) is 0 Å². The molecule has 0 fully saturated rings. The van der Waals surface area contributed by atoms with E-state index in [1.165, 1.54) is 5.56 Å². The molecule has 0 aliphatic carbocycles. The van der Waals surface area contributed by atoms with Gasteiger partial charge in [-0.05, 0) is 36.1 Å². The van der Waals surface area contributed by atoms with E-state index in [4.69, 9.17) is 15.2 Å². The Labute approximate surface area is 120 Å². The van der Waals surface area contributed by atoms with Gasteiger partial charge in [0.25, 0.3) is 0 Å². The Morgan fingerprint density at radius 3 is 2.35 bits per heavy atom. The van der Waals surface area contributed by atoms with Crippen molar-refractivity contribution in [2.75, 3.05) is 12.8 Å². The van der Waals surface area contributed by atoms with Gasteiger partial charge in [-0.15, -0.1) is 0 Å². The van der Waals surface area contributed by atoms with Crippen LogP contribution in [0.5, 0.6) is 17.2 Å². The number of hydrogen-bond acceptors (Lipinski definition) is 3. The van der Waals surface area contributed by atoms with E-state index in [2.05, 4.69) is 19.9 Å². The van der Waals surface area contributed by atoms with Crippen molar-refractivity contribution in [2.24, 2.45) is 0 Å². The zero-order chi connectivity index (χ0) is 14.5. The largest absolute Gasteiger partial charge is 0.494 e. The third-order valence-electron chi connectivity index (χ3n) is 3.53. The minimum atomic E-state index is 0.443. The first kappa shape index (κ1) is 14.3. The molecule has 1 unspecified atom stereocenters. The Morgan fingerprint density at radius 2 is 1.65 bits per heavy atom. The Bertz CT molecular complexity index is 581. The molecule has 0 spiro atoms. The molecule has 3 heteroatoms. The first-order valence-electron chi connectivity index (χ1n) is 6.86. The lowest BCUT2D eigenvalue weighted by Crippen LogP contribution is -1.99. The van der Waals surface area contributed by atoms with Crippen molar-refractivity contribution in [2.45, 2.75) is 26.2 Å². The predicted octanol–water partition coefficient (Wildman–Crippen LogP) is 4.58. The smallest absolute Gasteiger partial charge is 0.154 e. The van der Waals surface area contributed by atoms with Crippen molar-refractivity contribution in [1.82, 2.24) is 0 Å². The second-order valence-electron chi connectivity index (χ2n) is 4.82. The van der Waals surface area contributed by atoms with E-state index >= 15 is 0 Å². The molecule has 3 nitrogen and oxygen atoms in total. The third-order valence-corrected chi connectivity index (χ3v) is 3.53. The summed E-state index contributed by atoms with van der Waals surface area (Å²) in [6.07, 6.45) is 1.06. The summed E-state index contributed by atoms with van der Waals surface area (Å²) in [5.41, 5.74) is 7.76. The molecular formula is C17H21NO2. The number of methoxy groups -OCH3 is 1. The molecule has 1 atom stereocenters. The summed E-state index contributed by atoms with van der Waals surface area (Å²) in [5.74, 6) is 2.54. The number of ether oxygens (including phenoxy) is 2. The number of benzene rings is 2. The molecular weight excluding hydrogens is 250 g/mol. The van der Waals surface area contributed by atoms with Gasteiger partial charge in [0.15, 0.2) is 5.75 Å². The first-order chi connectivity index (χ1) is 9.67. The summed E-state index contributed by atoms with van der Waals surface area (Å²) in [6, 6.07) is 13.6. The third kappa shape index (κ3) is 2.87. The average molecular weight is 271 g/mol. The van der Waals surface area contributed by atoms with Crippen molar-refractivity contribution in [3.63, 3.8) is 0 Å². The van der Waals surface area contributed by atoms with Crippen LogP contribution in [0.25, 0.3) is 0 Å². The monoisotopic (exact) mass is 271 g/mol. The maximum absolute atomic E-state index is 6.05. The lowest BCUT2D eigenvalue weighted by molar-refractivity contribution is 0.411. The van der Waals surface area contributed by atoms with E-state index in [-0.39, 0.29) is 0 Å². The summed E-state index contributed by atoms with van der Waals surface area (Å²) in [6.45, 7) is 4.36. The van der Waals surface area contributed by atoms with Crippen molar-refractivity contribution in [3.8, 4) is 17.2 Å². The minimum absolute atomic E-state index is 0.443. The molecule has 0 heterocycles. The Balaban J connectivity index is 2.35. The Hall–Kier alpha value is -2.16. The Kier molecular flexibility index (Phi) is 4.51. The van der Waals surface area contributed by atoms with Gasteiger partial charge in [-0.3, -0.25) is 0 Å². The second kappa shape index (κ2) is 6.33. The molecule has 20 heavy (non-hydrogen) atoms. The number of rotatable bonds is 5. The minimum Gasteiger partial charge on any atom is -0.494 e. The van der Waals surface area contributed by atoms with E-state index in [0.717, 1.165) is 12.2 Å². The summed E-state index contributed by atoms with van der Waals surface area (Å²) in [4.78, 5) is 0. The quantitative estimate of drug-likeness (QED) is 0.809. The van der Waals surface area contributed by atoms with Crippen molar-refractivity contribution < 1.29 is 9.47 Å². The van der Waals surface area contributed by atoms with Crippen LogP contribution in [0.2, 0.25) is 0 Å². The van der Waals surface area contributed by atoms with Gasteiger partial charge in [-0.1, -0.05) is 38.1 Å². The van der Waals surface area contributed by atoms with Crippen LogP contribution >= 0.6 is 0 Å². The van der Waals surface area contributed by atoms with E-state index < -0.39 is 0 Å². The second-order valence-corrected chi connectivity index (χ2v) is 4.82. The molecule has 0 radical (unpaired) electrons. The van der Waals surface area contributed by atoms with Crippen molar-refractivity contribution in [3.05, 3.63) is 48.0 Å². The van der Waals surface area contributed by atoms with Gasteiger partial charge in [0.2, 0.25) is 0 Å². The fraction of sp³-hybridized carbons (Fsp3) is 0.294. The molecule has 0 bridgehead atoms. The van der Waals surface area contributed by atoms with Crippen LogP contribution < -0.4 is 15.2 Å². The molecule has 2 N–H and O–H groups in total. The van der Waals surface area contributed by atoms with Crippen molar-refractivity contribution >= 4 is 5.69 Å². The molecule has 0 aromatic heterocycles. The molecule has 0 aliphatic rings. The van der Waals surface area contributed by atoms with Gasteiger partial charge in [-0.25, -0.2) is 0 Å². The molecule has 0 saturated carbocycles. The Morgan fingerprint density at radius 1 is 1.00 bits per heavy atom. The standard InChI is InChI=1S/C17H21NO2/c1-4-12(2)13-8-5-6-9-14(13)20-16-11-7-10-15(19-3)17(16)18/h5-12H,4,18H2,1-3H3. The number of hydrogen-bond donors (Lipinski definition) is 1. The summed E-state index contributed by atoms with van der Waals surface area (Å²) in [5, 5.41) is 0. The van der Waals surface area contributed by atoms with Gasteiger partial charge in [0.05, 0.1) is 7.11 Å². The molecule has 106 valence electrons. The average Bonchev–Trinajstić information content (AvgIpc) is 2.49. The maximum Gasteiger partial charge on any atom is 0.154 e. The van der Waals surface area contributed by atoms with Gasteiger partial charge in [0, 0.05) is 0 Å². The molecule has 2 rings (SSSR count). The highest BCUT2D eigenvalue weighted by Gasteiger charge is 2.12. The van der Waals surface area contributed by atoms with Crippen LogP contribution in [-0.2, 0) is 0 Å². The van der Waals surface area contributed by atoms with Gasteiger partial charge in [0.1, 0.15) is 17.2 Å². The highest BCUT2D eigenvalue weighted by molar-refractivity contribution is 5.63. The summed E-state index contributed by atoms with van der Waals surface area (Å²) in [7, 11) is 1.60. The number of nitrogens with two attached hydrogens (primary N) is 1. The molecule has 0 saturated heterocycles. The summed E-state index contributed by atoms with van der Waals surface area (Å²) < 4.78 is 11.2. The molecule has 0 amide bonds. The lowest BCUT2D eigenvalue weighted by atomic mass is 9.98. The van der Waals surface area contributed by atoms with E-state index in [1.54, 1.807) is 7.11 Å². The highest BCUT2D eigenvalue weighted by atomic mass is 16.5. The number of para-hydroxylation sites is 2. The van der Waals surface area contributed by atoms with Gasteiger partial charge < -0.3 is 15.2 Å². The normalized spacial score (nSPS) is 11.9. The topological polar surface area (TPSA) is 44.5 Å². The highest BCUT2D eigenvalue weighted by Crippen LogP contribution is 2.37. The molecule has 2 aromatic rings. The van der Waals surface area contributed by atoms with Crippen LogP contribution in [0.15, 0.2) is 42.5 Å². The zero-order valence-corrected chi connectivity index (χ0v) is 12.2. The van der Waals surface area contributed by atoms with Crippen LogP contribution in [0.3, 0.4) is 0 Å². The van der Waals surface area contributed by atoms with Gasteiger partial charge in [-0.2, -0.15) is 0 Å². The van der Waals surface area contributed by atoms with Gasteiger partial charge >= 0.3 is 0 Å². The summed E-state index contributed by atoms with van der Waals surface area (Å²) >= 11 is 0. The lowest BCUT2D eigenvalue weighted by Gasteiger charge is -2.17. The van der Waals surface area contributed by atoms with Crippen LogP contribution in [-0.4, -0.2) is 7.11 Å². The molecule has 2 aromatic carbocycles. The van der Waals surface area contributed by atoms with Crippen LogP contribution in [0.4, 0.5) is 5.69 Å². The van der Waals surface area contributed by atoms with E-state index in [1.807, 2.05) is 36.4 Å². The maximum atomic E-state index is 6.05.